The summed E-state index contributed by atoms with van der Waals surface area (Å²) in [5.74, 6) is 0.719. The number of ether oxygens (including phenoxy) is 1. The number of benzene rings is 1. The van der Waals surface area contributed by atoms with Crippen LogP contribution in [0.2, 0.25) is 0 Å². The van der Waals surface area contributed by atoms with Gasteiger partial charge in [-0.1, -0.05) is 6.92 Å². The van der Waals surface area contributed by atoms with Gasteiger partial charge >= 0.3 is 0 Å². The third-order valence-electron chi connectivity index (χ3n) is 7.59. The fraction of sp³-hybridized carbons (Fsp3) is 0.393. The number of carbonyl (C=O) groups excluding carboxylic acids is 2. The number of anilines is 6. The molecular weight excluding hydrogens is 515 g/mol. The number of nitrogens with zero attached hydrogens (tertiary/aromatic N) is 6. The monoisotopic (exact) mass is 546 g/mol. The minimum absolute atomic E-state index is 0.0327. The zero-order valence-corrected chi connectivity index (χ0v) is 22.6. The Kier molecular flexibility index (Phi) is 6.60. The first-order valence-electron chi connectivity index (χ1n) is 13.5. The molecule has 0 aliphatic carbocycles. The van der Waals surface area contributed by atoms with Crippen molar-refractivity contribution in [3.63, 3.8) is 0 Å². The highest BCUT2D eigenvalue weighted by Gasteiger charge is 2.44. The van der Waals surface area contributed by atoms with Crippen molar-refractivity contribution in [1.29, 1.82) is 0 Å². The molecule has 1 aromatic carbocycles. The third-order valence-corrected chi connectivity index (χ3v) is 7.59. The highest BCUT2D eigenvalue weighted by Crippen LogP contribution is 2.37. The predicted octanol–water partition coefficient (Wildman–Crippen LogP) is 3.75. The summed E-state index contributed by atoms with van der Waals surface area (Å²) in [5.41, 5.74) is 2.99. The average molecular weight is 547 g/mol. The van der Waals surface area contributed by atoms with Gasteiger partial charge in [-0.15, -0.1) is 0 Å². The molecule has 3 aliphatic heterocycles. The van der Waals surface area contributed by atoms with Crippen molar-refractivity contribution in [3.05, 3.63) is 47.9 Å². The van der Waals surface area contributed by atoms with Crippen LogP contribution in [0.25, 0.3) is 0 Å². The molecular formula is C28H31FN8O3. The minimum Gasteiger partial charge on any atom is -0.480 e. The molecule has 0 saturated carbocycles. The maximum absolute atomic E-state index is 14.7. The lowest BCUT2D eigenvalue weighted by molar-refractivity contribution is -0.129. The molecule has 40 heavy (non-hydrogen) atoms. The number of pyridine rings is 1. The fourth-order valence-electron chi connectivity index (χ4n) is 5.77. The van der Waals surface area contributed by atoms with Gasteiger partial charge in [0.2, 0.25) is 11.9 Å². The molecule has 2 aromatic heterocycles. The van der Waals surface area contributed by atoms with Crippen LogP contribution < -0.4 is 25.2 Å². The lowest BCUT2D eigenvalue weighted by Crippen LogP contribution is -2.48. The zero-order valence-electron chi connectivity index (χ0n) is 22.6. The number of likely N-dealkylation sites (tertiary alicyclic amines) is 1. The van der Waals surface area contributed by atoms with Crippen molar-refractivity contribution in [1.82, 2.24) is 19.9 Å². The van der Waals surface area contributed by atoms with E-state index in [1.807, 2.05) is 30.9 Å². The second-order valence-corrected chi connectivity index (χ2v) is 10.4. The van der Waals surface area contributed by atoms with Crippen molar-refractivity contribution < 1.29 is 18.7 Å². The number of nitrogens with one attached hydrogen (secondary N) is 2. The average Bonchev–Trinajstić information content (AvgIpc) is 3.54. The third kappa shape index (κ3) is 4.74. The van der Waals surface area contributed by atoms with Crippen molar-refractivity contribution in [3.8, 4) is 5.75 Å². The molecule has 12 heteroatoms. The number of fused-ring (bicyclic) bond motifs is 3. The maximum atomic E-state index is 14.7. The molecule has 2 fully saturated rings. The highest BCUT2D eigenvalue weighted by molar-refractivity contribution is 5.97. The lowest BCUT2D eigenvalue weighted by atomic mass is 10.1. The highest BCUT2D eigenvalue weighted by atomic mass is 19.1. The smallest absolute Gasteiger partial charge is 0.266 e. The number of hydrogen-bond acceptors (Lipinski definition) is 9. The topological polar surface area (TPSA) is 116 Å². The molecule has 0 spiro atoms. The van der Waals surface area contributed by atoms with E-state index in [0.717, 1.165) is 49.1 Å². The summed E-state index contributed by atoms with van der Waals surface area (Å²) in [7, 11) is 0. The summed E-state index contributed by atoms with van der Waals surface area (Å²) in [6, 6.07) is 9.96. The van der Waals surface area contributed by atoms with Crippen LogP contribution in [0.3, 0.4) is 0 Å². The Morgan fingerprint density at radius 3 is 2.73 bits per heavy atom. The van der Waals surface area contributed by atoms with E-state index in [9.17, 15) is 14.0 Å². The predicted molar refractivity (Wildman–Crippen MR) is 149 cm³/mol. The molecule has 6 rings (SSSR count). The van der Waals surface area contributed by atoms with Crippen LogP contribution >= 0.6 is 0 Å². The zero-order chi connectivity index (χ0) is 28.0. The van der Waals surface area contributed by atoms with Gasteiger partial charge in [-0.3, -0.25) is 14.5 Å². The number of hydrogen-bond donors (Lipinski definition) is 2. The van der Waals surface area contributed by atoms with Crippen LogP contribution in [0.1, 0.15) is 32.3 Å². The normalized spacial score (nSPS) is 19.5. The molecule has 2 amide bonds. The summed E-state index contributed by atoms with van der Waals surface area (Å²) >= 11 is 0. The number of carbonyl (C=O) groups is 2. The van der Waals surface area contributed by atoms with E-state index in [-0.39, 0.29) is 36.2 Å². The molecule has 3 aromatic rings. The van der Waals surface area contributed by atoms with Gasteiger partial charge in [0, 0.05) is 44.0 Å². The van der Waals surface area contributed by atoms with Crippen LogP contribution in [0.15, 0.2) is 36.5 Å². The van der Waals surface area contributed by atoms with Gasteiger partial charge in [0.25, 0.3) is 5.91 Å². The number of rotatable bonds is 7. The van der Waals surface area contributed by atoms with Crippen LogP contribution in [-0.2, 0) is 9.59 Å². The Morgan fingerprint density at radius 2 is 2.00 bits per heavy atom. The molecule has 11 nitrogen and oxygen atoms in total. The summed E-state index contributed by atoms with van der Waals surface area (Å²) in [6.07, 6.45) is 2.85. The van der Waals surface area contributed by atoms with E-state index in [1.165, 1.54) is 0 Å². The first kappa shape index (κ1) is 25.8. The molecule has 5 heterocycles. The fourth-order valence-corrected chi connectivity index (χ4v) is 5.77. The van der Waals surface area contributed by atoms with Gasteiger partial charge < -0.3 is 25.2 Å². The Labute approximate surface area is 231 Å². The quantitative estimate of drug-likeness (QED) is 0.457. The molecule has 2 bridgehead atoms. The number of amides is 2. The Balaban J connectivity index is 1.17. The van der Waals surface area contributed by atoms with Gasteiger partial charge in [0.15, 0.2) is 29.8 Å². The second kappa shape index (κ2) is 10.2. The molecule has 2 saturated heterocycles. The van der Waals surface area contributed by atoms with E-state index in [4.69, 9.17) is 4.74 Å². The van der Waals surface area contributed by atoms with Gasteiger partial charge in [0.1, 0.15) is 5.82 Å². The first-order chi connectivity index (χ1) is 19.3. The van der Waals surface area contributed by atoms with E-state index >= 15 is 0 Å². The molecule has 2 atom stereocenters. The SMILES string of the molecule is CCCN1C(=O)COc2ccc(Nc3nc(Nc4ccc(N5CC6CC5CN6C(C)=O)c(C)c4)ncc3F)nc21. The van der Waals surface area contributed by atoms with E-state index < -0.39 is 5.82 Å². The van der Waals surface area contributed by atoms with Crippen molar-refractivity contribution >= 4 is 46.6 Å². The van der Waals surface area contributed by atoms with Crippen LogP contribution in [0.5, 0.6) is 5.75 Å². The van der Waals surface area contributed by atoms with Gasteiger partial charge in [0.05, 0.1) is 12.2 Å². The Hall–Kier alpha value is -4.48. The number of piperazine rings is 1. The maximum Gasteiger partial charge on any atom is 0.266 e. The first-order valence-corrected chi connectivity index (χ1v) is 13.5. The van der Waals surface area contributed by atoms with Crippen LogP contribution in [0.4, 0.5) is 39.2 Å². The van der Waals surface area contributed by atoms with E-state index in [2.05, 4.69) is 36.6 Å². The summed E-state index contributed by atoms with van der Waals surface area (Å²) < 4.78 is 20.2. The second-order valence-electron chi connectivity index (χ2n) is 10.4. The largest absolute Gasteiger partial charge is 0.480 e. The molecule has 3 aliphatic rings. The molecule has 2 N–H and O–H groups in total. The van der Waals surface area contributed by atoms with E-state index in [0.29, 0.717) is 30.0 Å². The van der Waals surface area contributed by atoms with E-state index in [1.54, 1.807) is 24.0 Å². The van der Waals surface area contributed by atoms with Crippen molar-refractivity contribution in [2.45, 2.75) is 45.7 Å². The molecule has 0 radical (unpaired) electrons. The Bertz CT molecular complexity index is 1480. The Morgan fingerprint density at radius 1 is 1.15 bits per heavy atom. The van der Waals surface area contributed by atoms with Crippen LogP contribution in [-0.4, -0.2) is 70.0 Å². The number of aromatic nitrogens is 3. The van der Waals surface area contributed by atoms with Gasteiger partial charge in [-0.25, -0.2) is 14.4 Å². The van der Waals surface area contributed by atoms with Gasteiger partial charge in [-0.2, -0.15) is 4.98 Å². The van der Waals surface area contributed by atoms with Crippen LogP contribution in [0, 0.1) is 12.7 Å². The molecule has 2 unspecified atom stereocenters. The van der Waals surface area contributed by atoms with Gasteiger partial charge in [-0.05, 0) is 55.7 Å². The number of aryl methyl sites for hydroxylation is 1. The van der Waals surface area contributed by atoms with Crippen molar-refractivity contribution in [2.24, 2.45) is 0 Å². The van der Waals surface area contributed by atoms with Crippen molar-refractivity contribution in [2.75, 3.05) is 46.7 Å². The minimum atomic E-state index is -0.641. The lowest BCUT2D eigenvalue weighted by Gasteiger charge is -2.36. The number of halogens is 1. The summed E-state index contributed by atoms with van der Waals surface area (Å²) in [5, 5.41) is 6.06. The summed E-state index contributed by atoms with van der Waals surface area (Å²) in [6.45, 7) is 7.73. The summed E-state index contributed by atoms with van der Waals surface area (Å²) in [4.78, 5) is 43.0. The molecule has 208 valence electrons. The standard InChI is InChI=1S/C28H31FN8O3/c1-4-9-35-25(39)15-40-23-7-8-24(33-27(23)35)32-26-21(29)12-30-28(34-26)31-18-5-6-22(16(2)10-18)37-14-19-11-20(37)13-36(19)17(3)38/h5-8,10,12,19-20H,4,9,11,13-15H2,1-3H3,(H2,30,31,32,33,34).